The van der Waals surface area contributed by atoms with Crippen LogP contribution in [-0.2, 0) is 0 Å². The summed E-state index contributed by atoms with van der Waals surface area (Å²) >= 11 is 6.47. The lowest BCUT2D eigenvalue weighted by Crippen LogP contribution is -2.57. The average Bonchev–Trinajstić information content (AvgIpc) is 2.77. The number of hydrogen-bond acceptors (Lipinski definition) is 5. The molecule has 0 aromatic carbocycles. The summed E-state index contributed by atoms with van der Waals surface area (Å²) in [5.74, 6) is 0.601. The van der Waals surface area contributed by atoms with Gasteiger partial charge in [0.1, 0.15) is 5.82 Å². The monoisotopic (exact) mass is 445 g/mol. The van der Waals surface area contributed by atoms with Crippen molar-refractivity contribution < 1.29 is 4.79 Å². The third kappa shape index (κ3) is 5.68. The Bertz CT molecular complexity index is 831. The maximum Gasteiger partial charge on any atom is 0.252 e. The lowest BCUT2D eigenvalue weighted by Gasteiger charge is -2.47. The minimum Gasteiger partial charge on any atom is -0.355 e. The van der Waals surface area contributed by atoms with E-state index in [2.05, 4.69) is 58.4 Å². The van der Waals surface area contributed by atoms with Gasteiger partial charge in [-0.1, -0.05) is 29.8 Å². The van der Waals surface area contributed by atoms with Gasteiger partial charge in [-0.15, -0.1) is 0 Å². The molecule has 0 radical (unpaired) electrons. The number of amides is 1. The number of carbonyl (C=O) groups excluding carboxylic acids is 1. The Kier molecular flexibility index (Phi) is 8.14. The highest BCUT2D eigenvalue weighted by Crippen LogP contribution is 2.29. The summed E-state index contributed by atoms with van der Waals surface area (Å²) in [5, 5.41) is 3.14. The molecule has 3 heterocycles. The Balaban J connectivity index is 1.55. The molecule has 2 aliphatic rings. The summed E-state index contributed by atoms with van der Waals surface area (Å²) in [5.41, 5.74) is 3.01. The lowest BCUT2D eigenvalue weighted by atomic mass is 9.98. The van der Waals surface area contributed by atoms with Gasteiger partial charge in [0.05, 0.1) is 10.6 Å². The predicted octanol–water partition coefficient (Wildman–Crippen LogP) is 3.59. The largest absolute Gasteiger partial charge is 0.355 e. The number of anilines is 1. The zero-order valence-corrected chi connectivity index (χ0v) is 20.1. The standard InChI is InChI=1S/C24H36ClN5O/c1-6-19(17(2)3)16-28-9-7-21(8-10-28)30-12-11-29(15-18(30)4)23-22(25)13-20(14-27-23)24(31)26-5/h6,13-14,18,21H,2,7-12,15-16H2,1,3-5H3,(H,26,31)/b19-6+. The fourth-order valence-corrected chi connectivity index (χ4v) is 5.05. The summed E-state index contributed by atoms with van der Waals surface area (Å²) in [4.78, 5) is 23.8. The molecule has 0 bridgehead atoms. The predicted molar refractivity (Wildman–Crippen MR) is 129 cm³/mol. The molecule has 1 N–H and O–H groups in total. The third-order valence-corrected chi connectivity index (χ3v) is 6.88. The van der Waals surface area contributed by atoms with Crippen molar-refractivity contribution in [1.82, 2.24) is 20.1 Å². The van der Waals surface area contributed by atoms with Gasteiger partial charge in [0.25, 0.3) is 5.91 Å². The van der Waals surface area contributed by atoms with Gasteiger partial charge in [-0.25, -0.2) is 4.98 Å². The lowest BCUT2D eigenvalue weighted by molar-refractivity contribution is 0.0744. The van der Waals surface area contributed by atoms with Crippen LogP contribution >= 0.6 is 11.6 Å². The Morgan fingerprint density at radius 3 is 2.58 bits per heavy atom. The van der Waals surface area contributed by atoms with E-state index in [-0.39, 0.29) is 5.91 Å². The van der Waals surface area contributed by atoms with E-state index in [0.717, 1.165) is 45.1 Å². The topological polar surface area (TPSA) is 51.7 Å². The van der Waals surface area contributed by atoms with Crippen LogP contribution in [0.3, 0.4) is 0 Å². The molecular weight excluding hydrogens is 410 g/mol. The first-order chi connectivity index (χ1) is 14.8. The second-order valence-electron chi connectivity index (χ2n) is 8.74. The number of rotatable bonds is 6. The molecule has 1 aromatic rings. The van der Waals surface area contributed by atoms with E-state index in [1.165, 1.54) is 24.0 Å². The van der Waals surface area contributed by atoms with Gasteiger partial charge in [0.2, 0.25) is 0 Å². The van der Waals surface area contributed by atoms with Crippen LogP contribution in [0.15, 0.2) is 36.1 Å². The highest BCUT2D eigenvalue weighted by atomic mass is 35.5. The van der Waals surface area contributed by atoms with E-state index >= 15 is 0 Å². The average molecular weight is 446 g/mol. The number of carbonyl (C=O) groups is 1. The van der Waals surface area contributed by atoms with E-state index in [9.17, 15) is 4.79 Å². The Morgan fingerprint density at radius 2 is 2.03 bits per heavy atom. The minimum absolute atomic E-state index is 0.171. The fraction of sp³-hybridized carbons (Fsp3) is 0.583. The molecule has 2 aliphatic heterocycles. The molecule has 1 atom stereocenters. The van der Waals surface area contributed by atoms with Gasteiger partial charge < -0.3 is 10.2 Å². The van der Waals surface area contributed by atoms with Gasteiger partial charge in [-0.05, 0) is 58.3 Å². The molecule has 0 aliphatic carbocycles. The van der Waals surface area contributed by atoms with Crippen molar-refractivity contribution in [2.75, 3.05) is 51.2 Å². The molecule has 1 amide bonds. The maximum atomic E-state index is 11.8. The molecule has 31 heavy (non-hydrogen) atoms. The number of halogens is 1. The normalized spacial score (nSPS) is 21.9. The van der Waals surface area contributed by atoms with Gasteiger partial charge in [-0.3, -0.25) is 14.6 Å². The maximum absolute atomic E-state index is 11.8. The zero-order valence-electron chi connectivity index (χ0n) is 19.3. The summed E-state index contributed by atoms with van der Waals surface area (Å²) in [6.45, 7) is 16.7. The van der Waals surface area contributed by atoms with Gasteiger partial charge in [0.15, 0.2) is 0 Å². The first-order valence-corrected chi connectivity index (χ1v) is 11.6. The van der Waals surface area contributed by atoms with Crippen molar-refractivity contribution in [1.29, 1.82) is 0 Å². The third-order valence-electron chi connectivity index (χ3n) is 6.61. The molecule has 7 heteroatoms. The van der Waals surface area contributed by atoms with Gasteiger partial charge in [0, 0.05) is 51.5 Å². The number of piperazine rings is 1. The first-order valence-electron chi connectivity index (χ1n) is 11.3. The van der Waals surface area contributed by atoms with Crippen molar-refractivity contribution in [2.24, 2.45) is 0 Å². The quantitative estimate of drug-likeness (QED) is 0.678. The smallest absolute Gasteiger partial charge is 0.252 e. The molecule has 1 unspecified atom stereocenters. The van der Waals surface area contributed by atoms with E-state index in [1.807, 2.05) is 0 Å². The van der Waals surface area contributed by atoms with E-state index in [1.54, 1.807) is 19.3 Å². The number of allylic oxidation sites excluding steroid dienone is 1. The zero-order chi connectivity index (χ0) is 22.5. The number of piperidine rings is 1. The van der Waals surface area contributed by atoms with Crippen LogP contribution in [0.4, 0.5) is 5.82 Å². The first kappa shape index (κ1) is 23.8. The van der Waals surface area contributed by atoms with E-state index in [0.29, 0.717) is 22.7 Å². The number of aromatic nitrogens is 1. The Morgan fingerprint density at radius 1 is 1.32 bits per heavy atom. The number of likely N-dealkylation sites (tertiary alicyclic amines) is 1. The second-order valence-corrected chi connectivity index (χ2v) is 9.15. The van der Waals surface area contributed by atoms with Crippen LogP contribution in [0, 0.1) is 0 Å². The molecule has 0 saturated carbocycles. The van der Waals surface area contributed by atoms with Crippen LogP contribution in [-0.4, -0.2) is 79.1 Å². The number of nitrogens with one attached hydrogen (secondary N) is 1. The number of pyridine rings is 1. The van der Waals surface area contributed by atoms with Crippen molar-refractivity contribution in [3.63, 3.8) is 0 Å². The van der Waals surface area contributed by atoms with Crippen LogP contribution in [0.5, 0.6) is 0 Å². The second kappa shape index (κ2) is 10.6. The molecule has 3 rings (SSSR count). The summed E-state index contributed by atoms with van der Waals surface area (Å²) in [6.07, 6.45) is 6.21. The Hall–Kier alpha value is -1.89. The highest BCUT2D eigenvalue weighted by Gasteiger charge is 2.32. The SMILES string of the molecule is C=C(C)/C(=C/C)CN1CCC(N2CCN(c3ncc(C(=O)NC)cc3Cl)CC2C)CC1. The highest BCUT2D eigenvalue weighted by molar-refractivity contribution is 6.33. The van der Waals surface area contributed by atoms with Gasteiger partial charge >= 0.3 is 0 Å². The molecule has 1 aromatic heterocycles. The molecule has 0 spiro atoms. The summed E-state index contributed by atoms with van der Waals surface area (Å²) in [7, 11) is 1.61. The summed E-state index contributed by atoms with van der Waals surface area (Å²) < 4.78 is 0. The minimum atomic E-state index is -0.171. The van der Waals surface area contributed by atoms with Crippen LogP contribution in [0.1, 0.15) is 44.0 Å². The van der Waals surface area contributed by atoms with E-state index < -0.39 is 0 Å². The summed E-state index contributed by atoms with van der Waals surface area (Å²) in [6, 6.07) is 2.77. The molecular formula is C24H36ClN5O. The number of hydrogen-bond donors (Lipinski definition) is 1. The van der Waals surface area contributed by atoms with Gasteiger partial charge in [-0.2, -0.15) is 0 Å². The van der Waals surface area contributed by atoms with Crippen molar-refractivity contribution in [3.05, 3.63) is 46.7 Å². The Labute approximate surface area is 191 Å². The van der Waals surface area contributed by atoms with Crippen molar-refractivity contribution in [3.8, 4) is 0 Å². The van der Waals surface area contributed by atoms with Crippen molar-refractivity contribution in [2.45, 2.75) is 45.7 Å². The number of nitrogens with zero attached hydrogens (tertiary/aromatic N) is 4. The molecule has 170 valence electrons. The molecule has 6 nitrogen and oxygen atoms in total. The van der Waals surface area contributed by atoms with Crippen LogP contribution in [0.25, 0.3) is 0 Å². The van der Waals surface area contributed by atoms with Crippen LogP contribution in [0.2, 0.25) is 5.02 Å². The fourth-order valence-electron chi connectivity index (χ4n) is 4.76. The molecule has 2 fully saturated rings. The van der Waals surface area contributed by atoms with Crippen LogP contribution < -0.4 is 10.2 Å². The van der Waals surface area contributed by atoms with Crippen molar-refractivity contribution >= 4 is 23.3 Å². The van der Waals surface area contributed by atoms with E-state index in [4.69, 9.17) is 11.6 Å². The molecule has 2 saturated heterocycles.